The quantitative estimate of drug-likeness (QED) is 0.360. The highest BCUT2D eigenvalue weighted by atomic mass is 79.9. The maximum absolute atomic E-state index is 11.6. The average molecular weight is 304 g/mol. The Kier molecular flexibility index (Phi) is 5.05. The fraction of sp³-hybridized carbons (Fsp3) is 0.300. The van der Waals surface area contributed by atoms with Gasteiger partial charge in [0.2, 0.25) is 0 Å². The van der Waals surface area contributed by atoms with Crippen LogP contribution in [0.25, 0.3) is 0 Å². The van der Waals surface area contributed by atoms with Crippen molar-refractivity contribution >= 4 is 27.6 Å². The number of hydrogen-bond donors (Lipinski definition) is 0. The number of nitro benzene ring substituents is 1. The average Bonchev–Trinajstić information content (AvgIpc) is 2.29. The summed E-state index contributed by atoms with van der Waals surface area (Å²) < 4.78 is 9.71. The summed E-state index contributed by atoms with van der Waals surface area (Å²) in [6, 6.07) is 4.18. The van der Waals surface area contributed by atoms with Gasteiger partial charge in [0, 0.05) is 13.2 Å². The Labute approximate surface area is 106 Å². The third-order valence-electron chi connectivity index (χ3n) is 1.92. The van der Waals surface area contributed by atoms with E-state index in [1.54, 1.807) is 0 Å². The van der Waals surface area contributed by atoms with Crippen LogP contribution in [0.3, 0.4) is 0 Å². The molecule has 0 aliphatic heterocycles. The van der Waals surface area contributed by atoms with Crippen molar-refractivity contribution in [3.63, 3.8) is 0 Å². The molecule has 0 bridgehead atoms. The third kappa shape index (κ3) is 3.50. The van der Waals surface area contributed by atoms with E-state index in [2.05, 4.69) is 15.9 Å². The lowest BCUT2D eigenvalue weighted by Gasteiger charge is -2.05. The Morgan fingerprint density at radius 3 is 2.76 bits per heavy atom. The van der Waals surface area contributed by atoms with Crippen LogP contribution in [-0.2, 0) is 9.47 Å². The van der Waals surface area contributed by atoms with Crippen LogP contribution in [0.15, 0.2) is 22.7 Å². The Bertz CT molecular complexity index is 435. The Morgan fingerprint density at radius 2 is 2.18 bits per heavy atom. The van der Waals surface area contributed by atoms with E-state index in [1.165, 1.54) is 25.3 Å². The molecule has 0 spiro atoms. The van der Waals surface area contributed by atoms with Gasteiger partial charge in [0.1, 0.15) is 11.1 Å². The van der Waals surface area contributed by atoms with Gasteiger partial charge in [0.05, 0.1) is 17.1 Å². The molecule has 0 amide bonds. The lowest BCUT2D eigenvalue weighted by atomic mass is 10.2. The molecule has 0 N–H and O–H groups in total. The molecule has 7 heteroatoms. The smallest absolute Gasteiger partial charge is 0.339 e. The molecule has 92 valence electrons. The highest BCUT2D eigenvalue weighted by Gasteiger charge is 2.20. The number of methoxy groups -OCH3 is 1. The summed E-state index contributed by atoms with van der Waals surface area (Å²) in [6.45, 7) is 0.378. The molecule has 0 aliphatic rings. The summed E-state index contributed by atoms with van der Waals surface area (Å²) in [6.07, 6.45) is 0. The number of hydrogen-bond acceptors (Lipinski definition) is 5. The summed E-state index contributed by atoms with van der Waals surface area (Å²) in [5, 5.41) is 10.7. The normalized spacial score (nSPS) is 10.0. The number of carbonyl (C=O) groups excluding carboxylic acids is 1. The number of rotatable bonds is 5. The third-order valence-corrected chi connectivity index (χ3v) is 2.75. The Hall–Kier alpha value is -1.47. The number of nitro groups is 1. The number of carbonyl (C=O) groups is 1. The molecule has 1 aromatic rings. The van der Waals surface area contributed by atoms with E-state index in [4.69, 9.17) is 9.47 Å². The van der Waals surface area contributed by atoms with Crippen LogP contribution in [-0.4, -0.2) is 31.2 Å². The van der Waals surface area contributed by atoms with Crippen LogP contribution in [0.4, 0.5) is 5.69 Å². The molecule has 0 saturated carbocycles. The van der Waals surface area contributed by atoms with E-state index in [1.807, 2.05) is 0 Å². The second kappa shape index (κ2) is 6.31. The first kappa shape index (κ1) is 13.6. The Balaban J connectivity index is 2.87. The molecule has 1 rings (SSSR count). The van der Waals surface area contributed by atoms with E-state index in [9.17, 15) is 14.9 Å². The Morgan fingerprint density at radius 1 is 1.47 bits per heavy atom. The van der Waals surface area contributed by atoms with Crippen LogP contribution in [0, 0.1) is 10.1 Å². The highest BCUT2D eigenvalue weighted by Crippen LogP contribution is 2.28. The van der Waals surface area contributed by atoms with Crippen molar-refractivity contribution in [3.8, 4) is 0 Å². The largest absolute Gasteiger partial charge is 0.460 e. The number of halogens is 1. The summed E-state index contributed by atoms with van der Waals surface area (Å²) in [7, 11) is 1.48. The molecule has 0 radical (unpaired) electrons. The van der Waals surface area contributed by atoms with Crippen LogP contribution in [0.1, 0.15) is 10.4 Å². The summed E-state index contributed by atoms with van der Waals surface area (Å²) in [4.78, 5) is 21.7. The maximum atomic E-state index is 11.6. The van der Waals surface area contributed by atoms with Gasteiger partial charge in [-0.1, -0.05) is 6.07 Å². The minimum atomic E-state index is -0.627. The van der Waals surface area contributed by atoms with Crippen LogP contribution in [0.5, 0.6) is 0 Å². The fourth-order valence-electron chi connectivity index (χ4n) is 1.11. The van der Waals surface area contributed by atoms with Crippen molar-refractivity contribution in [1.29, 1.82) is 0 Å². The predicted molar refractivity (Wildman–Crippen MR) is 63.0 cm³/mol. The zero-order valence-electron chi connectivity index (χ0n) is 9.01. The van der Waals surface area contributed by atoms with E-state index < -0.39 is 10.9 Å². The standard InChI is InChI=1S/C10H10BrNO5/c1-16-5-6-17-10(13)7-3-2-4-8(9(7)11)12(14)15/h2-4H,5-6H2,1H3. The molecule has 6 nitrogen and oxygen atoms in total. The fourth-order valence-corrected chi connectivity index (χ4v) is 1.68. The van der Waals surface area contributed by atoms with Crippen LogP contribution in [0.2, 0.25) is 0 Å². The zero-order valence-corrected chi connectivity index (χ0v) is 10.6. The second-order valence-corrected chi connectivity index (χ2v) is 3.82. The van der Waals surface area contributed by atoms with Crippen molar-refractivity contribution in [2.24, 2.45) is 0 Å². The van der Waals surface area contributed by atoms with E-state index in [0.29, 0.717) is 0 Å². The van der Waals surface area contributed by atoms with Gasteiger partial charge in [-0.15, -0.1) is 0 Å². The van der Waals surface area contributed by atoms with Crippen molar-refractivity contribution in [2.45, 2.75) is 0 Å². The second-order valence-electron chi connectivity index (χ2n) is 3.02. The molecule has 0 atom stereocenters. The summed E-state index contributed by atoms with van der Waals surface area (Å²) in [5.41, 5.74) is -0.0542. The maximum Gasteiger partial charge on any atom is 0.339 e. The highest BCUT2D eigenvalue weighted by molar-refractivity contribution is 9.10. The van der Waals surface area contributed by atoms with E-state index in [-0.39, 0.29) is 28.9 Å². The lowest BCUT2D eigenvalue weighted by Crippen LogP contribution is -2.11. The molecule has 1 aromatic carbocycles. The minimum Gasteiger partial charge on any atom is -0.460 e. The van der Waals surface area contributed by atoms with Gasteiger partial charge in [-0.05, 0) is 22.0 Å². The molecule has 0 saturated heterocycles. The first-order chi connectivity index (χ1) is 8.07. The molecule has 0 aromatic heterocycles. The molecule has 0 aliphatic carbocycles. The van der Waals surface area contributed by atoms with Crippen molar-refractivity contribution < 1.29 is 19.2 Å². The van der Waals surface area contributed by atoms with Gasteiger partial charge in [0.15, 0.2) is 0 Å². The molecule has 0 fully saturated rings. The topological polar surface area (TPSA) is 78.7 Å². The van der Waals surface area contributed by atoms with Gasteiger partial charge >= 0.3 is 5.97 Å². The lowest BCUT2D eigenvalue weighted by molar-refractivity contribution is -0.385. The predicted octanol–water partition coefficient (Wildman–Crippen LogP) is 2.16. The number of benzene rings is 1. The van der Waals surface area contributed by atoms with Crippen molar-refractivity contribution in [3.05, 3.63) is 38.3 Å². The molecule has 0 heterocycles. The summed E-state index contributed by atoms with van der Waals surface area (Å²) in [5.74, 6) is -0.627. The first-order valence-electron chi connectivity index (χ1n) is 4.67. The van der Waals surface area contributed by atoms with E-state index >= 15 is 0 Å². The van der Waals surface area contributed by atoms with Crippen molar-refractivity contribution in [2.75, 3.05) is 20.3 Å². The molecule has 17 heavy (non-hydrogen) atoms. The van der Waals surface area contributed by atoms with Gasteiger partial charge in [-0.3, -0.25) is 10.1 Å². The monoisotopic (exact) mass is 303 g/mol. The van der Waals surface area contributed by atoms with Gasteiger partial charge < -0.3 is 9.47 Å². The number of nitrogens with zero attached hydrogens (tertiary/aromatic N) is 1. The van der Waals surface area contributed by atoms with Gasteiger partial charge in [-0.25, -0.2) is 4.79 Å². The van der Waals surface area contributed by atoms with Gasteiger partial charge in [0.25, 0.3) is 5.69 Å². The number of esters is 1. The van der Waals surface area contributed by atoms with Gasteiger partial charge in [-0.2, -0.15) is 0 Å². The van der Waals surface area contributed by atoms with Crippen LogP contribution < -0.4 is 0 Å². The number of ether oxygens (including phenoxy) is 2. The zero-order chi connectivity index (χ0) is 12.8. The molecular formula is C10H10BrNO5. The van der Waals surface area contributed by atoms with E-state index in [0.717, 1.165) is 0 Å². The van der Waals surface area contributed by atoms with Crippen molar-refractivity contribution in [1.82, 2.24) is 0 Å². The molecular weight excluding hydrogens is 294 g/mol. The molecule has 0 unspecified atom stereocenters. The SMILES string of the molecule is COCCOC(=O)c1cccc([N+](=O)[O-])c1Br. The summed E-state index contributed by atoms with van der Waals surface area (Å²) >= 11 is 3.02. The minimum absolute atomic E-state index is 0.102. The van der Waals surface area contributed by atoms with Crippen LogP contribution >= 0.6 is 15.9 Å². The first-order valence-corrected chi connectivity index (χ1v) is 5.46.